The number of piperidine rings is 1. The molecule has 1 N–H and O–H groups in total. The van der Waals surface area contributed by atoms with Crippen LogP contribution in [0.15, 0.2) is 78.6 Å². The van der Waals surface area contributed by atoms with Gasteiger partial charge < -0.3 is 38.4 Å². The number of amides is 1. The van der Waals surface area contributed by atoms with Crippen molar-refractivity contribution in [3.05, 3.63) is 118 Å². The molecule has 9 rings (SSSR count). The number of fused-ring (bicyclic) bond motifs is 7. The van der Waals surface area contributed by atoms with E-state index in [0.29, 0.717) is 61.5 Å². The van der Waals surface area contributed by atoms with Gasteiger partial charge in [0.25, 0.3) is 5.91 Å². The highest BCUT2D eigenvalue weighted by molar-refractivity contribution is 5.92. The van der Waals surface area contributed by atoms with Gasteiger partial charge in [0.05, 0.1) is 34.5 Å². The van der Waals surface area contributed by atoms with Gasteiger partial charge in [-0.05, 0) is 144 Å². The first-order valence-corrected chi connectivity index (χ1v) is 23.2. The molecular weight excluding hydrogens is 793 g/mol. The molecule has 4 aromatic carbocycles. The van der Waals surface area contributed by atoms with Crippen molar-refractivity contribution in [1.82, 2.24) is 9.80 Å². The highest BCUT2D eigenvalue weighted by Gasteiger charge is 2.45. The molecule has 10 nitrogen and oxygen atoms in total. The Morgan fingerprint density at radius 1 is 0.778 bits per heavy atom. The Hall–Kier alpha value is -5.03. The van der Waals surface area contributed by atoms with Crippen molar-refractivity contribution >= 4 is 5.91 Å². The van der Waals surface area contributed by atoms with E-state index in [9.17, 15) is 5.11 Å². The highest BCUT2D eigenvalue weighted by Crippen LogP contribution is 2.51. The third kappa shape index (κ3) is 7.97. The van der Waals surface area contributed by atoms with Crippen LogP contribution in [0.1, 0.15) is 103 Å². The minimum atomic E-state index is -0.647. The second-order valence-corrected chi connectivity index (χ2v) is 18.0. The Bertz CT molecular complexity index is 2340. The Morgan fingerprint density at radius 3 is 2.17 bits per heavy atom. The predicted molar refractivity (Wildman–Crippen MR) is 244 cm³/mol. The number of aliphatic hydroxyl groups is 1. The zero-order chi connectivity index (χ0) is 43.8. The smallest absolute Gasteiger partial charge is 0.289 e. The topological polar surface area (TPSA) is 99.2 Å². The molecule has 4 aromatic rings. The molecule has 5 aliphatic rings. The fourth-order valence-corrected chi connectivity index (χ4v) is 11.8. The van der Waals surface area contributed by atoms with Crippen LogP contribution in [0, 0.1) is 17.8 Å². The van der Waals surface area contributed by atoms with Gasteiger partial charge in [-0.15, -0.1) is 0 Å². The van der Waals surface area contributed by atoms with Crippen molar-refractivity contribution in [2.45, 2.75) is 89.5 Å². The number of aliphatic hydroxyl groups excluding tert-OH is 1. The van der Waals surface area contributed by atoms with E-state index in [1.165, 1.54) is 44.5 Å². The summed E-state index contributed by atoms with van der Waals surface area (Å²) in [6, 6.07) is 23.8. The van der Waals surface area contributed by atoms with E-state index in [2.05, 4.69) is 89.5 Å². The molecular formula is C53H64N2O8. The van der Waals surface area contributed by atoms with Gasteiger partial charge in [-0.2, -0.15) is 0 Å². The second kappa shape index (κ2) is 18.6. The molecule has 1 fully saturated rings. The highest BCUT2D eigenvalue weighted by atomic mass is 16.7. The molecule has 4 heterocycles. The quantitative estimate of drug-likeness (QED) is 0.117. The van der Waals surface area contributed by atoms with Gasteiger partial charge in [-0.1, -0.05) is 55.8 Å². The van der Waals surface area contributed by atoms with Crippen LogP contribution in [0.5, 0.6) is 23.0 Å². The zero-order valence-electron chi connectivity index (χ0n) is 37.9. The number of rotatable bonds is 14. The lowest BCUT2D eigenvalue weighted by Gasteiger charge is -2.49. The molecule has 1 aliphatic carbocycles. The van der Waals surface area contributed by atoms with E-state index in [0.717, 1.165) is 62.3 Å². The molecule has 0 saturated carbocycles. The standard InChI is InChI=1S/C53H64N2O8/c1-7-32-31-54-20-18-34-26-47(58-3)49(60-5)28-41(34)45(54)24-36(32)25-46-42-29-50(61-6)48(59-4)27-35(42)19-21-55(46)52(57)51-30-44(40(17-12-22-56)53(63-51)62-8-2)39-16-11-15-38-37-14-10-9-13-33(37)23-43(38)39/h9-11,13-16,26-30,32,36,40,44-46,53,56H,7-8,12,17-25,31H2,1-6H3/t32-,36+,40+,44+,45-,46+,53+/m0/s1. The van der Waals surface area contributed by atoms with Gasteiger partial charge in [0.1, 0.15) is 0 Å². The number of carbonyl (C=O) groups excluding carboxylic acids is 1. The Balaban J connectivity index is 1.11. The summed E-state index contributed by atoms with van der Waals surface area (Å²) in [4.78, 5) is 20.3. The van der Waals surface area contributed by atoms with Crippen molar-refractivity contribution in [1.29, 1.82) is 0 Å². The number of allylic oxidation sites excluding steroid dienone is 1. The molecule has 0 unspecified atom stereocenters. The number of methoxy groups -OCH3 is 4. The number of carbonyl (C=O) groups is 1. The largest absolute Gasteiger partial charge is 0.493 e. The Morgan fingerprint density at radius 2 is 1.46 bits per heavy atom. The van der Waals surface area contributed by atoms with Crippen molar-refractivity contribution in [2.75, 3.05) is 61.3 Å². The third-order valence-electron chi connectivity index (χ3n) is 15.0. The van der Waals surface area contributed by atoms with Gasteiger partial charge in [-0.3, -0.25) is 9.69 Å². The summed E-state index contributed by atoms with van der Waals surface area (Å²) in [5.41, 5.74) is 11.2. The van der Waals surface area contributed by atoms with Crippen LogP contribution >= 0.6 is 0 Å². The van der Waals surface area contributed by atoms with Crippen LogP contribution in [-0.2, 0) is 33.5 Å². The van der Waals surface area contributed by atoms with E-state index in [4.69, 9.17) is 28.4 Å². The average molecular weight is 857 g/mol. The van der Waals surface area contributed by atoms with E-state index in [-0.39, 0.29) is 36.4 Å². The molecule has 0 radical (unpaired) electrons. The van der Waals surface area contributed by atoms with Crippen LogP contribution in [0.2, 0.25) is 0 Å². The SMILES string of the molecule is CCO[C@@H]1OC(C(=O)N2CCc3cc(OC)c(OC)cc3[C@H]2C[C@H]2C[C@H]3c4cc(OC)c(OC)cc4CCN3C[C@@H]2CC)=C[C@H](c2cccc3c2Cc2ccccc2-3)[C@H]1CCCO. The minimum absolute atomic E-state index is 0.0743. The normalized spacial score (nSPS) is 24.8. The molecule has 10 heteroatoms. The molecule has 7 atom stereocenters. The van der Waals surface area contributed by atoms with E-state index in [1.807, 2.05) is 6.92 Å². The summed E-state index contributed by atoms with van der Waals surface area (Å²) in [6.45, 7) is 7.36. The molecule has 63 heavy (non-hydrogen) atoms. The number of benzene rings is 4. The maximum Gasteiger partial charge on any atom is 0.289 e. The number of hydrogen-bond donors (Lipinski definition) is 1. The van der Waals surface area contributed by atoms with E-state index in [1.54, 1.807) is 28.4 Å². The fourth-order valence-electron chi connectivity index (χ4n) is 11.8. The van der Waals surface area contributed by atoms with E-state index >= 15 is 4.79 Å². The predicted octanol–water partition coefficient (Wildman–Crippen LogP) is 9.20. The van der Waals surface area contributed by atoms with Crippen molar-refractivity contribution in [3.8, 4) is 34.1 Å². The molecule has 1 saturated heterocycles. The number of ether oxygens (including phenoxy) is 6. The fraction of sp³-hybridized carbons (Fsp3) is 0.491. The van der Waals surface area contributed by atoms with Crippen LogP contribution in [0.4, 0.5) is 0 Å². The first-order chi connectivity index (χ1) is 30.8. The minimum Gasteiger partial charge on any atom is -0.493 e. The second-order valence-electron chi connectivity index (χ2n) is 18.0. The molecule has 0 bridgehead atoms. The van der Waals surface area contributed by atoms with Crippen molar-refractivity contribution in [3.63, 3.8) is 0 Å². The van der Waals surface area contributed by atoms with Crippen molar-refractivity contribution in [2.24, 2.45) is 17.8 Å². The zero-order valence-corrected chi connectivity index (χ0v) is 37.9. The number of hydrogen-bond acceptors (Lipinski definition) is 9. The molecule has 334 valence electrons. The van der Waals surface area contributed by atoms with Crippen LogP contribution in [0.25, 0.3) is 11.1 Å². The number of nitrogens with zero attached hydrogens (tertiary/aromatic N) is 2. The first kappa shape index (κ1) is 43.2. The lowest BCUT2D eigenvalue weighted by molar-refractivity contribution is -0.171. The molecule has 1 amide bonds. The van der Waals surface area contributed by atoms with Crippen LogP contribution < -0.4 is 18.9 Å². The Kier molecular flexibility index (Phi) is 12.8. The maximum atomic E-state index is 15.6. The molecule has 0 spiro atoms. The summed E-state index contributed by atoms with van der Waals surface area (Å²) < 4.78 is 36.5. The lowest BCUT2D eigenvalue weighted by atomic mass is 9.72. The maximum absolute atomic E-state index is 15.6. The third-order valence-corrected chi connectivity index (χ3v) is 15.0. The van der Waals surface area contributed by atoms with Gasteiger partial charge in [0.15, 0.2) is 28.8 Å². The van der Waals surface area contributed by atoms with Crippen molar-refractivity contribution < 1.29 is 38.3 Å². The van der Waals surface area contributed by atoms with Gasteiger partial charge in [0, 0.05) is 50.7 Å². The van der Waals surface area contributed by atoms with Gasteiger partial charge in [-0.25, -0.2) is 0 Å². The monoisotopic (exact) mass is 856 g/mol. The summed E-state index contributed by atoms with van der Waals surface area (Å²) in [6.07, 6.45) is 8.08. The molecule has 0 aromatic heterocycles. The molecule has 4 aliphatic heterocycles. The summed E-state index contributed by atoms with van der Waals surface area (Å²) >= 11 is 0. The van der Waals surface area contributed by atoms with Gasteiger partial charge in [0.2, 0.25) is 6.29 Å². The summed E-state index contributed by atoms with van der Waals surface area (Å²) in [5.74, 6) is 3.66. The summed E-state index contributed by atoms with van der Waals surface area (Å²) in [7, 11) is 6.77. The van der Waals surface area contributed by atoms with E-state index < -0.39 is 6.29 Å². The first-order valence-electron chi connectivity index (χ1n) is 23.2. The van der Waals surface area contributed by atoms with Crippen LogP contribution in [0.3, 0.4) is 0 Å². The van der Waals surface area contributed by atoms with Crippen LogP contribution in [-0.4, -0.2) is 88.4 Å². The lowest BCUT2D eigenvalue weighted by Crippen LogP contribution is -2.48. The average Bonchev–Trinajstić information content (AvgIpc) is 3.71. The summed E-state index contributed by atoms with van der Waals surface area (Å²) in [5, 5.41) is 10.1. The Labute approximate surface area is 373 Å². The van der Waals surface area contributed by atoms with Gasteiger partial charge >= 0.3 is 0 Å².